The van der Waals surface area contributed by atoms with Gasteiger partial charge in [0.05, 0.1) is 34.0 Å². The van der Waals surface area contributed by atoms with E-state index in [1.807, 2.05) is 24.3 Å². The molecule has 13 heteroatoms. The van der Waals surface area contributed by atoms with Gasteiger partial charge >= 0.3 is 5.97 Å². The van der Waals surface area contributed by atoms with Gasteiger partial charge in [-0.15, -0.1) is 10.2 Å². The Bertz CT molecular complexity index is 1190. The number of tetrazole rings is 1. The Morgan fingerprint density at radius 3 is 2.77 bits per heavy atom. The fourth-order valence-electron chi connectivity index (χ4n) is 3.38. The van der Waals surface area contributed by atoms with Crippen LogP contribution in [0.25, 0.3) is 11.5 Å². The number of amides is 1. The molecule has 1 N–H and O–H groups in total. The van der Waals surface area contributed by atoms with Crippen molar-refractivity contribution in [2.75, 3.05) is 27.4 Å². The predicted molar refractivity (Wildman–Crippen MR) is 119 cm³/mol. The maximum Gasteiger partial charge on any atom is 0.337 e. The number of benzene rings is 1. The van der Waals surface area contributed by atoms with Crippen LogP contribution in [0.3, 0.4) is 0 Å². The van der Waals surface area contributed by atoms with Crippen LogP contribution in [0.4, 0.5) is 0 Å². The van der Waals surface area contributed by atoms with Gasteiger partial charge in [0.15, 0.2) is 6.10 Å². The molecular formula is C22H25N7O6. The Balaban J connectivity index is 1.39. The van der Waals surface area contributed by atoms with E-state index in [0.717, 1.165) is 5.56 Å². The van der Waals surface area contributed by atoms with Crippen LogP contribution in [0.15, 0.2) is 30.3 Å². The van der Waals surface area contributed by atoms with Crippen molar-refractivity contribution in [1.82, 2.24) is 35.5 Å². The van der Waals surface area contributed by atoms with Crippen LogP contribution in [-0.2, 0) is 32.1 Å². The monoisotopic (exact) mass is 483 g/mol. The van der Waals surface area contributed by atoms with E-state index >= 15 is 0 Å². The molecule has 1 amide bonds. The van der Waals surface area contributed by atoms with Crippen LogP contribution < -0.4 is 10.1 Å². The molecule has 2 atom stereocenters. The number of ether oxygens (including phenoxy) is 4. The van der Waals surface area contributed by atoms with E-state index in [9.17, 15) is 9.59 Å². The smallest absolute Gasteiger partial charge is 0.337 e. The normalized spacial score (nSPS) is 17.6. The van der Waals surface area contributed by atoms with Crippen molar-refractivity contribution in [3.8, 4) is 17.3 Å². The lowest BCUT2D eigenvalue weighted by Gasteiger charge is -2.27. The summed E-state index contributed by atoms with van der Waals surface area (Å²) >= 11 is 0. The summed E-state index contributed by atoms with van der Waals surface area (Å²) in [7, 11) is 2.88. The second kappa shape index (κ2) is 11.0. The quantitative estimate of drug-likeness (QED) is 0.441. The standard InChI is InChI=1S/C22H25N7O6/c1-13-24-17(8-18(25-13)21(30)23-9-14-5-4-6-15(7-14)32-2)20-26-28-29(27-20)10-16-11-35-19(12-34-16)22(31)33-3/h4-8,16,19H,9-12H2,1-3H3,(H,23,30)/t16-,19-/m0/s1. The Kier molecular flexibility index (Phi) is 7.57. The van der Waals surface area contributed by atoms with E-state index < -0.39 is 12.1 Å². The minimum absolute atomic E-state index is 0.0816. The highest BCUT2D eigenvalue weighted by molar-refractivity contribution is 5.93. The largest absolute Gasteiger partial charge is 0.497 e. The van der Waals surface area contributed by atoms with E-state index in [4.69, 9.17) is 14.2 Å². The molecule has 4 rings (SSSR count). The van der Waals surface area contributed by atoms with Gasteiger partial charge in [0, 0.05) is 6.54 Å². The van der Waals surface area contributed by atoms with Gasteiger partial charge in [-0.1, -0.05) is 12.1 Å². The number of nitrogens with zero attached hydrogens (tertiary/aromatic N) is 6. The zero-order valence-electron chi connectivity index (χ0n) is 19.5. The number of methoxy groups -OCH3 is 2. The molecule has 0 bridgehead atoms. The van der Waals surface area contributed by atoms with Crippen molar-refractivity contribution < 1.29 is 28.5 Å². The lowest BCUT2D eigenvalue weighted by Crippen LogP contribution is -2.42. The summed E-state index contributed by atoms with van der Waals surface area (Å²) in [5.74, 6) is 0.497. The summed E-state index contributed by atoms with van der Waals surface area (Å²) in [5.41, 5.74) is 1.44. The summed E-state index contributed by atoms with van der Waals surface area (Å²) in [4.78, 5) is 34.1. The van der Waals surface area contributed by atoms with Crippen LogP contribution in [0.2, 0.25) is 0 Å². The molecule has 1 saturated heterocycles. The number of hydrogen-bond acceptors (Lipinski definition) is 11. The SMILES string of the molecule is COC(=O)[C@@H]1CO[C@@H](Cn2nnc(-c3cc(C(=O)NCc4cccc(OC)c4)nc(C)n3)n2)CO1. The molecule has 184 valence electrons. The van der Waals surface area contributed by atoms with Crippen LogP contribution in [0, 0.1) is 6.92 Å². The van der Waals surface area contributed by atoms with E-state index in [2.05, 4.69) is 35.4 Å². The topological polar surface area (TPSA) is 152 Å². The number of rotatable bonds is 8. The summed E-state index contributed by atoms with van der Waals surface area (Å²) in [6, 6.07) is 8.92. The summed E-state index contributed by atoms with van der Waals surface area (Å²) in [6.45, 7) is 2.51. The highest BCUT2D eigenvalue weighted by atomic mass is 16.6. The number of esters is 1. The molecule has 3 heterocycles. The summed E-state index contributed by atoms with van der Waals surface area (Å²) in [5, 5.41) is 15.2. The second-order valence-electron chi connectivity index (χ2n) is 7.69. The van der Waals surface area contributed by atoms with E-state index in [1.165, 1.54) is 18.0 Å². The minimum atomic E-state index is -0.743. The van der Waals surface area contributed by atoms with Gasteiger partial charge in [0.1, 0.15) is 29.1 Å². The minimum Gasteiger partial charge on any atom is -0.497 e. The molecule has 0 radical (unpaired) electrons. The van der Waals surface area contributed by atoms with Gasteiger partial charge in [0.2, 0.25) is 5.82 Å². The average Bonchev–Trinajstić information content (AvgIpc) is 3.35. The van der Waals surface area contributed by atoms with Crippen molar-refractivity contribution in [1.29, 1.82) is 0 Å². The first kappa shape index (κ1) is 24.2. The first-order valence-electron chi connectivity index (χ1n) is 10.8. The van der Waals surface area contributed by atoms with Crippen molar-refractivity contribution in [2.24, 2.45) is 0 Å². The Labute approximate surface area is 200 Å². The molecular weight excluding hydrogens is 458 g/mol. The Hall–Kier alpha value is -3.97. The highest BCUT2D eigenvalue weighted by Gasteiger charge is 2.29. The van der Waals surface area contributed by atoms with Gasteiger partial charge in [-0.3, -0.25) is 4.79 Å². The number of hydrogen-bond donors (Lipinski definition) is 1. The zero-order valence-corrected chi connectivity index (χ0v) is 19.5. The number of carbonyl (C=O) groups excluding carboxylic acids is 2. The highest BCUT2D eigenvalue weighted by Crippen LogP contribution is 2.15. The number of aromatic nitrogens is 6. The third-order valence-electron chi connectivity index (χ3n) is 5.14. The van der Waals surface area contributed by atoms with Crippen molar-refractivity contribution >= 4 is 11.9 Å². The lowest BCUT2D eigenvalue weighted by atomic mass is 10.2. The van der Waals surface area contributed by atoms with E-state index in [1.54, 1.807) is 14.0 Å². The maximum atomic E-state index is 12.7. The molecule has 0 spiro atoms. The van der Waals surface area contributed by atoms with Crippen molar-refractivity contribution in [3.05, 3.63) is 47.4 Å². The molecule has 0 unspecified atom stereocenters. The van der Waals surface area contributed by atoms with Crippen LogP contribution in [0.5, 0.6) is 5.75 Å². The van der Waals surface area contributed by atoms with Gasteiger partial charge in [0.25, 0.3) is 5.91 Å². The molecule has 1 aliphatic heterocycles. The Morgan fingerprint density at radius 2 is 2.03 bits per heavy atom. The molecule has 13 nitrogen and oxygen atoms in total. The summed E-state index contributed by atoms with van der Waals surface area (Å²) < 4.78 is 21.0. The van der Waals surface area contributed by atoms with E-state index in [-0.39, 0.29) is 43.3 Å². The third-order valence-corrected chi connectivity index (χ3v) is 5.14. The Morgan fingerprint density at radius 1 is 1.17 bits per heavy atom. The van der Waals surface area contributed by atoms with Crippen LogP contribution in [0.1, 0.15) is 21.9 Å². The fraction of sp³-hybridized carbons (Fsp3) is 0.409. The number of aryl methyl sites for hydroxylation is 1. The molecule has 35 heavy (non-hydrogen) atoms. The van der Waals surface area contributed by atoms with Gasteiger partial charge < -0.3 is 24.3 Å². The van der Waals surface area contributed by atoms with Crippen molar-refractivity contribution in [3.63, 3.8) is 0 Å². The first-order chi connectivity index (χ1) is 16.9. The second-order valence-corrected chi connectivity index (χ2v) is 7.69. The molecule has 1 aromatic carbocycles. The first-order valence-corrected chi connectivity index (χ1v) is 10.8. The number of carbonyl (C=O) groups is 2. The fourth-order valence-corrected chi connectivity index (χ4v) is 3.38. The maximum absolute atomic E-state index is 12.7. The molecule has 1 aliphatic rings. The lowest BCUT2D eigenvalue weighted by molar-refractivity contribution is -0.180. The molecule has 1 fully saturated rings. The molecule has 3 aromatic rings. The zero-order chi connectivity index (χ0) is 24.8. The van der Waals surface area contributed by atoms with E-state index in [0.29, 0.717) is 23.8 Å². The summed E-state index contributed by atoms with van der Waals surface area (Å²) in [6.07, 6.45) is -1.10. The molecule has 0 aliphatic carbocycles. The predicted octanol–water partition coefficient (Wildman–Crippen LogP) is 0.334. The average molecular weight is 483 g/mol. The molecule has 2 aromatic heterocycles. The van der Waals surface area contributed by atoms with Gasteiger partial charge in [-0.2, -0.15) is 4.80 Å². The van der Waals surface area contributed by atoms with Gasteiger partial charge in [-0.25, -0.2) is 14.8 Å². The molecule has 0 saturated carbocycles. The van der Waals surface area contributed by atoms with Crippen LogP contribution in [-0.4, -0.2) is 81.7 Å². The third kappa shape index (κ3) is 6.13. The number of nitrogens with one attached hydrogen (secondary N) is 1. The van der Waals surface area contributed by atoms with Crippen LogP contribution >= 0.6 is 0 Å². The van der Waals surface area contributed by atoms with Crippen molar-refractivity contribution in [2.45, 2.75) is 32.2 Å². The van der Waals surface area contributed by atoms with Gasteiger partial charge in [-0.05, 0) is 35.9 Å².